The molecule has 0 bridgehead atoms. The van der Waals surface area contributed by atoms with E-state index >= 15 is 0 Å². The van der Waals surface area contributed by atoms with Gasteiger partial charge in [0.15, 0.2) is 8.87 Å². The van der Waals surface area contributed by atoms with Crippen molar-refractivity contribution in [1.29, 1.82) is 0 Å². The van der Waals surface area contributed by atoms with Gasteiger partial charge in [0.05, 0.1) is 33.4 Å². The third-order valence-electron chi connectivity index (χ3n) is 1.06. The third-order valence-corrected chi connectivity index (χ3v) is 3.62. The van der Waals surface area contributed by atoms with Gasteiger partial charge in [0.2, 0.25) is 0 Å². The van der Waals surface area contributed by atoms with E-state index in [9.17, 15) is 8.42 Å². The van der Waals surface area contributed by atoms with Gasteiger partial charge in [-0.1, -0.05) is 0 Å². The molecule has 0 rings (SSSR count). The average Bonchev–Trinajstić information content (AvgIpc) is 1.55. The van der Waals surface area contributed by atoms with Gasteiger partial charge in [0, 0.05) is 6.26 Å². The quantitative estimate of drug-likeness (QED) is 0.533. The fourth-order valence-electron chi connectivity index (χ4n) is 0.463. The molecular weight excluding hydrogens is 218 g/mol. The first-order valence-electron chi connectivity index (χ1n) is 3.35. The molecule has 3 nitrogen and oxygen atoms in total. The van der Waals surface area contributed by atoms with E-state index in [4.69, 9.17) is 0 Å². The van der Waals surface area contributed by atoms with Crippen LogP contribution < -0.4 is 0 Å². The molecule has 0 saturated heterocycles. The zero-order valence-corrected chi connectivity index (χ0v) is 10.4. The summed E-state index contributed by atoms with van der Waals surface area (Å²) in [7, 11) is 4.31. The molecule has 0 atom stereocenters. The van der Waals surface area contributed by atoms with Gasteiger partial charge in [-0.25, -0.2) is 8.42 Å². The van der Waals surface area contributed by atoms with Crippen LogP contribution in [0.4, 0.5) is 0 Å². The Labute approximate surface area is 84.8 Å². The lowest BCUT2D eigenvalue weighted by molar-refractivity contribution is -0.867. The van der Waals surface area contributed by atoms with E-state index in [2.05, 4.69) is 0 Å². The minimum atomic E-state index is -2.84. The van der Waals surface area contributed by atoms with Crippen LogP contribution in [0, 0.1) is 0 Å². The lowest BCUT2D eigenvalue weighted by Gasteiger charge is -2.22. The number of hydrogen-bond donors (Lipinski definition) is 0. The summed E-state index contributed by atoms with van der Waals surface area (Å²) in [5, 5.41) is 0. The topological polar surface area (TPSA) is 34.1 Å². The number of quaternary nitrogens is 1. The van der Waals surface area contributed by atoms with Crippen molar-refractivity contribution in [2.45, 2.75) is 0 Å². The molecule has 0 fully saturated rings. The van der Waals surface area contributed by atoms with E-state index in [-0.39, 0.29) is 12.4 Å². The number of halogens is 1. The molecule has 0 aliphatic heterocycles. The van der Waals surface area contributed by atoms with E-state index in [1.807, 2.05) is 21.1 Å². The molecule has 0 aromatic rings. The van der Waals surface area contributed by atoms with Crippen molar-refractivity contribution in [3.8, 4) is 0 Å². The minimum Gasteiger partial charge on any atom is -0.330 e. The van der Waals surface area contributed by atoms with E-state index in [1.165, 1.54) is 6.26 Å². The highest BCUT2D eigenvalue weighted by molar-refractivity contribution is 8.71. The Balaban J connectivity index is 0. The Morgan fingerprint density at radius 2 is 1.67 bits per heavy atom. The van der Waals surface area contributed by atoms with Crippen molar-refractivity contribution >= 4 is 32.1 Å². The zero-order valence-electron chi connectivity index (χ0n) is 7.90. The van der Waals surface area contributed by atoms with Crippen LogP contribution in [0.25, 0.3) is 0 Å². The maximum Gasteiger partial charge on any atom is 0.198 e. The van der Waals surface area contributed by atoms with Gasteiger partial charge >= 0.3 is 0 Å². The third kappa shape index (κ3) is 13.2. The second-order valence-corrected chi connectivity index (χ2v) is 8.12. The standard InChI is InChI=1S/C6H16NO2S2.ClH/c1-7(2,3)5-6-10-11(4,8)9;/h5-6H2,1-4H3;1H/q+1;. The maximum absolute atomic E-state index is 10.7. The van der Waals surface area contributed by atoms with Crippen molar-refractivity contribution in [3.05, 3.63) is 0 Å². The van der Waals surface area contributed by atoms with Gasteiger partial charge in [0.25, 0.3) is 0 Å². The first kappa shape index (κ1) is 15.0. The highest BCUT2D eigenvalue weighted by atomic mass is 35.5. The molecule has 0 spiro atoms. The summed E-state index contributed by atoms with van der Waals surface area (Å²) in [6.07, 6.45) is 1.24. The first-order chi connectivity index (χ1) is 4.71. The van der Waals surface area contributed by atoms with Gasteiger partial charge in [-0.05, 0) is 10.8 Å². The molecule has 0 aromatic heterocycles. The van der Waals surface area contributed by atoms with E-state index < -0.39 is 8.87 Å². The Kier molecular flexibility index (Phi) is 6.66. The Morgan fingerprint density at radius 1 is 1.25 bits per heavy atom. The molecule has 0 amide bonds. The lowest BCUT2D eigenvalue weighted by Crippen LogP contribution is -2.36. The smallest absolute Gasteiger partial charge is 0.198 e. The van der Waals surface area contributed by atoms with E-state index in [0.29, 0.717) is 5.75 Å². The van der Waals surface area contributed by atoms with Crippen LogP contribution in [-0.4, -0.2) is 52.6 Å². The largest absolute Gasteiger partial charge is 0.330 e. The Morgan fingerprint density at radius 3 is 1.92 bits per heavy atom. The summed E-state index contributed by atoms with van der Waals surface area (Å²) in [5.41, 5.74) is 0. The fourth-order valence-corrected chi connectivity index (χ4v) is 2.52. The number of nitrogens with zero attached hydrogens (tertiary/aromatic N) is 1. The fraction of sp³-hybridized carbons (Fsp3) is 1.00. The molecule has 12 heavy (non-hydrogen) atoms. The van der Waals surface area contributed by atoms with Gasteiger partial charge in [-0.15, -0.1) is 12.4 Å². The maximum atomic E-state index is 10.7. The molecule has 0 aromatic carbocycles. The zero-order chi connectivity index (χ0) is 9.12. The van der Waals surface area contributed by atoms with Crippen LogP contribution in [0.3, 0.4) is 0 Å². The van der Waals surface area contributed by atoms with Crippen molar-refractivity contribution in [2.75, 3.05) is 39.7 Å². The predicted octanol–water partition coefficient (Wildman–Crippen LogP) is 0.807. The summed E-state index contributed by atoms with van der Waals surface area (Å²) in [6, 6.07) is 0. The van der Waals surface area contributed by atoms with Crippen molar-refractivity contribution < 1.29 is 12.9 Å². The van der Waals surface area contributed by atoms with Gasteiger partial charge in [0.1, 0.15) is 0 Å². The molecule has 6 heteroatoms. The van der Waals surface area contributed by atoms with Crippen molar-refractivity contribution in [2.24, 2.45) is 0 Å². The minimum absolute atomic E-state index is 0. The summed E-state index contributed by atoms with van der Waals surface area (Å²) in [5.74, 6) is 0.669. The molecule has 0 N–H and O–H groups in total. The van der Waals surface area contributed by atoms with Crippen LogP contribution in [0.15, 0.2) is 0 Å². The first-order valence-corrected chi connectivity index (χ1v) is 6.75. The average molecular weight is 235 g/mol. The van der Waals surface area contributed by atoms with Crippen LogP contribution in [-0.2, 0) is 8.87 Å². The predicted molar refractivity (Wildman–Crippen MR) is 57.4 cm³/mol. The molecule has 76 valence electrons. The summed E-state index contributed by atoms with van der Waals surface area (Å²) in [4.78, 5) is 0. The molecule has 0 saturated carbocycles. The summed E-state index contributed by atoms with van der Waals surface area (Å²) >= 11 is 0. The van der Waals surface area contributed by atoms with E-state index in [1.54, 1.807) is 0 Å². The monoisotopic (exact) mass is 234 g/mol. The number of hydrogen-bond acceptors (Lipinski definition) is 3. The SMILES string of the molecule is C[N+](C)(C)CCSS(C)(=O)=O.Cl. The van der Waals surface area contributed by atoms with Crippen LogP contribution in [0.5, 0.6) is 0 Å². The summed E-state index contributed by atoms with van der Waals surface area (Å²) < 4.78 is 22.2. The Bertz CT molecular complexity index is 208. The van der Waals surface area contributed by atoms with Gasteiger partial charge in [-0.3, -0.25) is 0 Å². The molecule has 0 heterocycles. The van der Waals surface area contributed by atoms with Crippen LogP contribution in [0.2, 0.25) is 0 Å². The highest BCUT2D eigenvalue weighted by Gasteiger charge is 2.09. The second kappa shape index (κ2) is 5.32. The van der Waals surface area contributed by atoms with Crippen LogP contribution >= 0.6 is 23.2 Å². The highest BCUT2D eigenvalue weighted by Crippen LogP contribution is 2.09. The number of rotatable bonds is 4. The lowest BCUT2D eigenvalue weighted by atomic mass is 10.6. The van der Waals surface area contributed by atoms with Gasteiger partial charge < -0.3 is 4.48 Å². The second-order valence-electron chi connectivity index (χ2n) is 3.54. The normalized spacial score (nSPS) is 12.3. The van der Waals surface area contributed by atoms with Crippen molar-refractivity contribution in [1.82, 2.24) is 0 Å². The molecular formula is C6H17ClNO2S2+. The molecule has 0 unspecified atom stereocenters. The molecule has 0 aliphatic carbocycles. The van der Waals surface area contributed by atoms with Crippen molar-refractivity contribution in [3.63, 3.8) is 0 Å². The summed E-state index contributed by atoms with van der Waals surface area (Å²) in [6.45, 7) is 0.873. The Hall–Kier alpha value is 0.550. The van der Waals surface area contributed by atoms with Gasteiger partial charge in [-0.2, -0.15) is 0 Å². The molecule has 0 aliphatic rings. The van der Waals surface area contributed by atoms with E-state index in [0.717, 1.165) is 21.8 Å². The van der Waals surface area contributed by atoms with Crippen LogP contribution in [0.1, 0.15) is 0 Å². The molecule has 0 radical (unpaired) electrons.